The molecule has 11 heteroatoms. The Morgan fingerprint density at radius 2 is 1.79 bits per heavy atom. The lowest BCUT2D eigenvalue weighted by molar-refractivity contribution is -0.136. The molecule has 0 aliphatic carbocycles. The molecule has 0 amide bonds. The molecular weight excluding hydrogens is 656 g/mol. The fourth-order valence-electron chi connectivity index (χ4n) is 4.67. The highest BCUT2D eigenvalue weighted by Crippen LogP contribution is 2.36. The van der Waals surface area contributed by atoms with Crippen LogP contribution in [0.15, 0.2) is 86.7 Å². The van der Waals surface area contributed by atoms with E-state index in [0.29, 0.717) is 67.0 Å². The molecule has 0 bridgehead atoms. The summed E-state index contributed by atoms with van der Waals surface area (Å²) in [6, 6.07) is 17.9. The molecule has 0 saturated heterocycles. The van der Waals surface area contributed by atoms with Crippen LogP contribution in [0.5, 0.6) is 17.2 Å². The quantitative estimate of drug-likeness (QED) is 0.196. The third-order valence-corrected chi connectivity index (χ3v) is 8.42. The van der Waals surface area contributed by atoms with Crippen LogP contribution in [0.3, 0.4) is 0 Å². The molecular formula is C32H28BrClN2O6S. The molecule has 0 spiro atoms. The molecule has 0 unspecified atom stereocenters. The van der Waals surface area contributed by atoms with Gasteiger partial charge in [0, 0.05) is 6.20 Å². The van der Waals surface area contributed by atoms with Crippen molar-refractivity contribution in [2.75, 3.05) is 20.3 Å². The maximum absolute atomic E-state index is 13.9. The minimum Gasteiger partial charge on any atom is -0.490 e. The molecule has 222 valence electrons. The number of halogens is 2. The molecule has 3 aromatic carbocycles. The fraction of sp³-hybridized carbons (Fsp3) is 0.219. The maximum Gasteiger partial charge on any atom is 0.337 e. The molecule has 0 fully saturated rings. The van der Waals surface area contributed by atoms with Crippen LogP contribution in [-0.2, 0) is 16.1 Å². The van der Waals surface area contributed by atoms with Gasteiger partial charge in [-0.2, -0.15) is 0 Å². The van der Waals surface area contributed by atoms with E-state index < -0.39 is 12.0 Å². The van der Waals surface area contributed by atoms with Crippen LogP contribution in [0.1, 0.15) is 36.6 Å². The first-order valence-corrected chi connectivity index (χ1v) is 15.5. The monoisotopic (exact) mass is 682 g/mol. The summed E-state index contributed by atoms with van der Waals surface area (Å²) in [5.41, 5.74) is 2.26. The first-order chi connectivity index (χ1) is 20.8. The van der Waals surface area contributed by atoms with E-state index in [4.69, 9.17) is 30.5 Å². The third-order valence-electron chi connectivity index (χ3n) is 6.55. The Hall–Kier alpha value is -3.86. The summed E-state index contributed by atoms with van der Waals surface area (Å²) in [5.74, 6) is 1.01. The highest BCUT2D eigenvalue weighted by atomic mass is 79.9. The Balaban J connectivity index is 1.55. The molecule has 4 aromatic rings. The molecule has 1 aliphatic rings. The van der Waals surface area contributed by atoms with Crippen molar-refractivity contribution in [1.29, 1.82) is 0 Å². The summed E-state index contributed by atoms with van der Waals surface area (Å²) >= 11 is 11.4. The number of ether oxygens (including phenoxy) is 4. The van der Waals surface area contributed by atoms with E-state index in [1.165, 1.54) is 29.2 Å². The molecule has 8 nitrogen and oxygen atoms in total. The van der Waals surface area contributed by atoms with Gasteiger partial charge in [-0.25, -0.2) is 9.79 Å². The summed E-state index contributed by atoms with van der Waals surface area (Å²) in [6.07, 6.45) is 3.19. The van der Waals surface area contributed by atoms with Gasteiger partial charge in [-0.15, -0.1) is 0 Å². The molecule has 1 aliphatic heterocycles. The number of nitrogens with zero attached hydrogens (tertiary/aromatic N) is 2. The van der Waals surface area contributed by atoms with Gasteiger partial charge in [0.05, 0.1) is 46.0 Å². The number of rotatable bonds is 10. The molecule has 0 radical (unpaired) electrons. The number of methoxy groups -OCH3 is 1. The predicted molar refractivity (Wildman–Crippen MR) is 170 cm³/mol. The van der Waals surface area contributed by atoms with E-state index in [1.54, 1.807) is 24.3 Å². The van der Waals surface area contributed by atoms with Gasteiger partial charge in [-0.3, -0.25) is 9.36 Å². The number of aromatic nitrogens is 1. The smallest absolute Gasteiger partial charge is 0.337 e. The maximum atomic E-state index is 13.9. The number of esters is 1. The van der Waals surface area contributed by atoms with Crippen LogP contribution < -0.4 is 29.1 Å². The van der Waals surface area contributed by atoms with Crippen molar-refractivity contribution < 1.29 is 23.7 Å². The average Bonchev–Trinajstić information content (AvgIpc) is 3.32. The van der Waals surface area contributed by atoms with Crippen LogP contribution in [0, 0.1) is 0 Å². The second kappa shape index (κ2) is 13.6. The Morgan fingerprint density at radius 1 is 1.05 bits per heavy atom. The zero-order valence-electron chi connectivity index (χ0n) is 23.6. The van der Waals surface area contributed by atoms with Gasteiger partial charge >= 0.3 is 5.97 Å². The average molecular weight is 684 g/mol. The lowest BCUT2D eigenvalue weighted by Gasteiger charge is -2.23. The standard InChI is InChI=1S/C32H28BrClN2O6S/c1-4-40-25-12-11-21(16-26(25)41-5-2)28-22(31(38)39-3)17-35-32-36(28)30(37)27(43-32)15-20-13-23(33)29(24(34)14-20)42-18-19-9-7-6-8-10-19/h6-17,28H,4-5,18H2,1-3H3/b27-15-/t28-/m0/s1. The van der Waals surface area contributed by atoms with Crippen molar-refractivity contribution in [3.8, 4) is 17.2 Å². The Morgan fingerprint density at radius 3 is 2.49 bits per heavy atom. The van der Waals surface area contributed by atoms with Crippen LogP contribution in [0.25, 0.3) is 6.08 Å². The van der Waals surface area contributed by atoms with Gasteiger partial charge in [0.25, 0.3) is 5.56 Å². The van der Waals surface area contributed by atoms with Crippen molar-refractivity contribution in [2.24, 2.45) is 4.99 Å². The van der Waals surface area contributed by atoms with Gasteiger partial charge < -0.3 is 18.9 Å². The largest absolute Gasteiger partial charge is 0.490 e. The van der Waals surface area contributed by atoms with E-state index in [9.17, 15) is 9.59 Å². The van der Waals surface area contributed by atoms with E-state index >= 15 is 0 Å². The number of fused-ring (bicyclic) bond motifs is 1. The SMILES string of the molecule is CCOc1ccc([C@H]2C(C(=O)OC)=CN=c3s/c(=C\c4cc(Cl)c(OCc5ccccc5)c(Br)c4)c(=O)n32)cc1OCC. The molecule has 43 heavy (non-hydrogen) atoms. The fourth-order valence-corrected chi connectivity index (χ4v) is 6.63. The Labute approximate surface area is 265 Å². The van der Waals surface area contributed by atoms with Crippen molar-refractivity contribution in [3.05, 3.63) is 118 Å². The molecule has 1 atom stereocenters. The van der Waals surface area contributed by atoms with E-state index in [2.05, 4.69) is 20.9 Å². The van der Waals surface area contributed by atoms with Gasteiger partial charge in [0.1, 0.15) is 6.61 Å². The first kappa shape index (κ1) is 30.6. The van der Waals surface area contributed by atoms with Crippen molar-refractivity contribution in [3.63, 3.8) is 0 Å². The van der Waals surface area contributed by atoms with Crippen molar-refractivity contribution in [1.82, 2.24) is 4.57 Å². The zero-order valence-corrected chi connectivity index (χ0v) is 26.8. The lowest BCUT2D eigenvalue weighted by atomic mass is 9.97. The van der Waals surface area contributed by atoms with Crippen LogP contribution in [-0.4, -0.2) is 30.9 Å². The summed E-state index contributed by atoms with van der Waals surface area (Å²) in [4.78, 5) is 31.6. The number of benzene rings is 3. The second-order valence-corrected chi connectivity index (χ2v) is 11.6. The second-order valence-electron chi connectivity index (χ2n) is 9.34. The molecule has 0 saturated carbocycles. The Kier molecular flexibility index (Phi) is 9.69. The van der Waals surface area contributed by atoms with E-state index in [0.717, 1.165) is 5.56 Å². The minimum atomic E-state index is -0.787. The topological polar surface area (TPSA) is 88.4 Å². The highest BCUT2D eigenvalue weighted by molar-refractivity contribution is 9.10. The predicted octanol–water partition coefficient (Wildman–Crippen LogP) is 5.81. The first-order valence-electron chi connectivity index (χ1n) is 13.5. The van der Waals surface area contributed by atoms with Crippen molar-refractivity contribution in [2.45, 2.75) is 26.5 Å². The Bertz CT molecular complexity index is 1850. The van der Waals surface area contributed by atoms with E-state index in [1.807, 2.05) is 56.3 Å². The molecule has 1 aromatic heterocycles. The number of thiazole rings is 1. The summed E-state index contributed by atoms with van der Waals surface area (Å²) < 4.78 is 25.1. The van der Waals surface area contributed by atoms with Crippen molar-refractivity contribution >= 4 is 50.9 Å². The van der Waals surface area contributed by atoms with Gasteiger partial charge in [-0.05, 0) is 76.8 Å². The van der Waals surface area contributed by atoms with Gasteiger partial charge in [-0.1, -0.05) is 59.3 Å². The number of hydrogen-bond donors (Lipinski definition) is 0. The van der Waals surface area contributed by atoms with Gasteiger partial charge in [0.15, 0.2) is 22.0 Å². The van der Waals surface area contributed by atoms with Crippen LogP contribution >= 0.6 is 38.9 Å². The molecule has 5 rings (SSSR count). The van der Waals surface area contributed by atoms with E-state index in [-0.39, 0.29) is 11.1 Å². The van der Waals surface area contributed by atoms with Crippen LogP contribution in [0.2, 0.25) is 5.02 Å². The van der Waals surface area contributed by atoms with Gasteiger partial charge in [0.2, 0.25) is 0 Å². The summed E-state index contributed by atoms with van der Waals surface area (Å²) in [6.45, 7) is 4.99. The molecule has 2 heterocycles. The number of hydrogen-bond acceptors (Lipinski definition) is 8. The number of carbonyl (C=O) groups excluding carboxylic acids is 1. The van der Waals surface area contributed by atoms with Crippen LogP contribution in [0.4, 0.5) is 0 Å². The third kappa shape index (κ3) is 6.56. The number of carbonyl (C=O) groups is 1. The highest BCUT2D eigenvalue weighted by Gasteiger charge is 2.31. The summed E-state index contributed by atoms with van der Waals surface area (Å²) in [5, 5.41) is 0.396. The molecule has 0 N–H and O–H groups in total. The normalized spacial score (nSPS) is 14.4. The zero-order chi connectivity index (χ0) is 30.5. The minimum absolute atomic E-state index is 0.221. The lowest BCUT2D eigenvalue weighted by Crippen LogP contribution is -2.39. The summed E-state index contributed by atoms with van der Waals surface area (Å²) in [7, 11) is 1.30.